The summed E-state index contributed by atoms with van der Waals surface area (Å²) in [7, 11) is 3.60. The number of benzene rings is 2. The molecule has 30 heavy (non-hydrogen) atoms. The highest BCUT2D eigenvalue weighted by molar-refractivity contribution is 5.35. The van der Waals surface area contributed by atoms with Gasteiger partial charge in [-0.2, -0.15) is 0 Å². The van der Waals surface area contributed by atoms with Gasteiger partial charge in [-0.1, -0.05) is 36.4 Å². The molecule has 0 saturated carbocycles. The van der Waals surface area contributed by atoms with Crippen molar-refractivity contribution in [3.63, 3.8) is 0 Å². The van der Waals surface area contributed by atoms with E-state index >= 15 is 0 Å². The summed E-state index contributed by atoms with van der Waals surface area (Å²) in [5.41, 5.74) is 2.06. The Labute approximate surface area is 177 Å². The first-order valence-corrected chi connectivity index (χ1v) is 9.96. The van der Waals surface area contributed by atoms with Crippen LogP contribution in [0.15, 0.2) is 73.6 Å². The summed E-state index contributed by atoms with van der Waals surface area (Å²) < 4.78 is 13.2. The molecular formula is C24H29N3O3. The van der Waals surface area contributed by atoms with Crippen molar-refractivity contribution in [2.45, 2.75) is 18.6 Å². The minimum atomic E-state index is -0.685. The fourth-order valence-corrected chi connectivity index (χ4v) is 3.30. The van der Waals surface area contributed by atoms with Gasteiger partial charge < -0.3 is 24.5 Å². The molecule has 6 heteroatoms. The van der Waals surface area contributed by atoms with Crippen LogP contribution in [-0.4, -0.2) is 41.0 Å². The van der Waals surface area contributed by atoms with Gasteiger partial charge >= 0.3 is 0 Å². The minimum Gasteiger partial charge on any atom is -0.497 e. The Balaban J connectivity index is 1.67. The predicted octanol–water partition coefficient (Wildman–Crippen LogP) is 3.28. The Morgan fingerprint density at radius 2 is 2.07 bits per heavy atom. The lowest BCUT2D eigenvalue weighted by Crippen LogP contribution is -2.35. The van der Waals surface area contributed by atoms with Crippen molar-refractivity contribution in [2.24, 2.45) is 7.05 Å². The first kappa shape index (κ1) is 21.6. The molecule has 0 aliphatic heterocycles. The summed E-state index contributed by atoms with van der Waals surface area (Å²) in [5.74, 6) is 2.40. The average Bonchev–Trinajstić information content (AvgIpc) is 3.19. The molecule has 0 amide bonds. The number of methoxy groups -OCH3 is 1. The third kappa shape index (κ3) is 5.49. The Morgan fingerprint density at radius 1 is 1.23 bits per heavy atom. The number of nitrogens with one attached hydrogen (secondary N) is 1. The van der Waals surface area contributed by atoms with E-state index in [1.54, 1.807) is 13.3 Å². The second kappa shape index (κ2) is 10.6. The zero-order valence-corrected chi connectivity index (χ0v) is 17.5. The average molecular weight is 408 g/mol. The third-order valence-electron chi connectivity index (χ3n) is 4.87. The number of rotatable bonds is 11. The van der Waals surface area contributed by atoms with Crippen LogP contribution >= 0.6 is 0 Å². The highest BCUT2D eigenvalue weighted by Gasteiger charge is 2.20. The molecule has 0 aliphatic carbocycles. The highest BCUT2D eigenvalue weighted by Crippen LogP contribution is 2.24. The van der Waals surface area contributed by atoms with Gasteiger partial charge in [0.05, 0.1) is 13.2 Å². The molecule has 3 aromatic rings. The third-order valence-corrected chi connectivity index (χ3v) is 4.87. The molecular weight excluding hydrogens is 378 g/mol. The maximum absolute atomic E-state index is 10.5. The lowest BCUT2D eigenvalue weighted by atomic mass is 10.1. The smallest absolute Gasteiger partial charge is 0.130 e. The topological polar surface area (TPSA) is 68.5 Å². The molecule has 3 rings (SSSR count). The van der Waals surface area contributed by atoms with Crippen LogP contribution in [0.3, 0.4) is 0 Å². The first-order valence-electron chi connectivity index (χ1n) is 9.96. The van der Waals surface area contributed by atoms with Crippen LogP contribution in [0.4, 0.5) is 0 Å². The Morgan fingerprint density at radius 3 is 2.80 bits per heavy atom. The fourth-order valence-electron chi connectivity index (χ4n) is 3.30. The van der Waals surface area contributed by atoms with E-state index in [4.69, 9.17) is 9.47 Å². The number of para-hydroxylation sites is 1. The number of ether oxygens (including phenoxy) is 2. The maximum atomic E-state index is 10.5. The number of aliphatic hydroxyl groups excluding tert-OH is 1. The minimum absolute atomic E-state index is 0.187. The molecule has 0 fully saturated rings. The van der Waals surface area contributed by atoms with Gasteiger partial charge in [0.1, 0.15) is 30.0 Å². The van der Waals surface area contributed by atoms with Crippen LogP contribution in [0.5, 0.6) is 11.5 Å². The fraction of sp³-hybridized carbons (Fsp3) is 0.292. The summed E-state index contributed by atoms with van der Waals surface area (Å²) in [4.78, 5) is 4.49. The molecule has 0 aliphatic rings. The van der Waals surface area contributed by atoms with E-state index in [9.17, 15) is 5.11 Å². The van der Waals surface area contributed by atoms with Crippen molar-refractivity contribution in [3.8, 4) is 11.5 Å². The van der Waals surface area contributed by atoms with Crippen molar-refractivity contribution in [1.82, 2.24) is 14.9 Å². The van der Waals surface area contributed by atoms with Crippen molar-refractivity contribution < 1.29 is 14.6 Å². The number of aromatic nitrogens is 2. The van der Waals surface area contributed by atoms with Crippen LogP contribution in [0.2, 0.25) is 0 Å². The monoisotopic (exact) mass is 407 g/mol. The van der Waals surface area contributed by atoms with Crippen LogP contribution < -0.4 is 14.8 Å². The first-order chi connectivity index (χ1) is 14.6. The van der Waals surface area contributed by atoms with Crippen LogP contribution in [0.25, 0.3) is 0 Å². The maximum Gasteiger partial charge on any atom is 0.130 e. The molecule has 2 atom stereocenters. The van der Waals surface area contributed by atoms with Crippen LogP contribution in [-0.2, 0) is 13.5 Å². The van der Waals surface area contributed by atoms with E-state index in [-0.39, 0.29) is 12.6 Å². The number of nitrogens with zero attached hydrogens (tertiary/aromatic N) is 2. The molecule has 1 heterocycles. The zero-order valence-electron chi connectivity index (χ0n) is 17.5. The second-order valence-corrected chi connectivity index (χ2v) is 7.08. The lowest BCUT2D eigenvalue weighted by Gasteiger charge is -2.22. The zero-order chi connectivity index (χ0) is 21.3. The number of hydrogen-bond acceptors (Lipinski definition) is 5. The van der Waals surface area contributed by atoms with Gasteiger partial charge in [0.15, 0.2) is 0 Å². The SMILES string of the molecule is C=CCc1ccccc1OCC(O)CNC(c1cccc(OC)c1)c1nccn1C. The standard InChI is InChI=1S/C24H29N3O3/c1-4-8-18-9-5-6-12-22(18)30-17-20(28)16-26-23(24-25-13-14-27(24)2)19-10-7-11-21(15-19)29-3/h4-7,9-15,20,23,26,28H,1,8,16-17H2,2-3H3. The summed E-state index contributed by atoms with van der Waals surface area (Å²) in [6.45, 7) is 4.31. The Kier molecular flexibility index (Phi) is 7.65. The highest BCUT2D eigenvalue weighted by atomic mass is 16.5. The molecule has 0 bridgehead atoms. The number of aryl methyl sites for hydroxylation is 1. The van der Waals surface area contributed by atoms with Crippen LogP contribution in [0.1, 0.15) is 23.0 Å². The molecule has 2 N–H and O–H groups in total. The molecule has 0 saturated heterocycles. The number of imidazole rings is 1. The lowest BCUT2D eigenvalue weighted by molar-refractivity contribution is 0.104. The molecule has 2 aromatic carbocycles. The van der Waals surface area contributed by atoms with E-state index < -0.39 is 6.10 Å². The normalized spacial score (nSPS) is 12.9. The van der Waals surface area contributed by atoms with E-state index in [1.807, 2.05) is 72.4 Å². The van der Waals surface area contributed by atoms with Gasteiger partial charge in [-0.25, -0.2) is 4.98 Å². The molecule has 0 radical (unpaired) electrons. The quantitative estimate of drug-likeness (QED) is 0.478. The molecule has 1 aromatic heterocycles. The van der Waals surface area contributed by atoms with Gasteiger partial charge in [-0.15, -0.1) is 6.58 Å². The van der Waals surface area contributed by atoms with E-state index in [2.05, 4.69) is 16.9 Å². The Hall–Kier alpha value is -3.09. The summed E-state index contributed by atoms with van der Waals surface area (Å²) in [6, 6.07) is 15.5. The summed E-state index contributed by atoms with van der Waals surface area (Å²) in [6.07, 6.45) is 5.55. The molecule has 0 spiro atoms. The van der Waals surface area contributed by atoms with Gasteiger partial charge in [0, 0.05) is 26.0 Å². The number of hydrogen-bond donors (Lipinski definition) is 2. The summed E-state index contributed by atoms with van der Waals surface area (Å²) in [5, 5.41) is 14.0. The molecule has 2 unspecified atom stereocenters. The van der Waals surface area contributed by atoms with E-state index in [0.717, 1.165) is 34.9 Å². The van der Waals surface area contributed by atoms with Crippen molar-refractivity contribution in [1.29, 1.82) is 0 Å². The molecule has 6 nitrogen and oxygen atoms in total. The van der Waals surface area contributed by atoms with Crippen molar-refractivity contribution in [2.75, 3.05) is 20.3 Å². The number of aliphatic hydroxyl groups is 1. The van der Waals surface area contributed by atoms with Crippen LogP contribution in [0, 0.1) is 0 Å². The predicted molar refractivity (Wildman–Crippen MR) is 118 cm³/mol. The van der Waals surface area contributed by atoms with Gasteiger partial charge in [-0.3, -0.25) is 0 Å². The van der Waals surface area contributed by atoms with Gasteiger partial charge in [0.25, 0.3) is 0 Å². The van der Waals surface area contributed by atoms with Crippen molar-refractivity contribution in [3.05, 3.63) is 90.5 Å². The van der Waals surface area contributed by atoms with Gasteiger partial charge in [0.2, 0.25) is 0 Å². The number of allylic oxidation sites excluding steroid dienone is 1. The summed E-state index contributed by atoms with van der Waals surface area (Å²) >= 11 is 0. The Bertz CT molecular complexity index is 954. The van der Waals surface area contributed by atoms with Gasteiger partial charge in [-0.05, 0) is 35.7 Å². The van der Waals surface area contributed by atoms with Crippen molar-refractivity contribution >= 4 is 0 Å². The largest absolute Gasteiger partial charge is 0.497 e. The second-order valence-electron chi connectivity index (χ2n) is 7.08. The van der Waals surface area contributed by atoms with E-state index in [0.29, 0.717) is 6.54 Å². The molecule has 158 valence electrons. The van der Waals surface area contributed by atoms with E-state index in [1.165, 1.54) is 0 Å².